The van der Waals surface area contributed by atoms with Crippen molar-refractivity contribution in [1.82, 2.24) is 4.98 Å². The molecule has 0 atom stereocenters. The van der Waals surface area contributed by atoms with Gasteiger partial charge in [-0.05, 0) is 36.2 Å². The third kappa shape index (κ3) is 2.66. The van der Waals surface area contributed by atoms with Crippen LogP contribution in [0.4, 0.5) is 0 Å². The zero-order valence-electron chi connectivity index (χ0n) is 10.2. The third-order valence-electron chi connectivity index (χ3n) is 2.58. The van der Waals surface area contributed by atoms with Crippen LogP contribution < -0.4 is 10.5 Å². The molecule has 0 radical (unpaired) electrons. The van der Waals surface area contributed by atoms with E-state index in [1.165, 1.54) is 5.56 Å². The zero-order chi connectivity index (χ0) is 13.0. The van der Waals surface area contributed by atoms with Gasteiger partial charge in [0.15, 0.2) is 0 Å². The summed E-state index contributed by atoms with van der Waals surface area (Å²) in [4.78, 5) is 4.11. The molecule has 4 nitrogen and oxygen atoms in total. The van der Waals surface area contributed by atoms with Gasteiger partial charge in [-0.1, -0.05) is 19.1 Å². The van der Waals surface area contributed by atoms with Crippen LogP contribution in [0.2, 0.25) is 0 Å². The Hall–Kier alpha value is -2.36. The molecular weight excluding hydrogens is 226 g/mol. The van der Waals surface area contributed by atoms with Gasteiger partial charge in [0.1, 0.15) is 11.6 Å². The lowest BCUT2D eigenvalue weighted by Crippen LogP contribution is -2.12. The number of ether oxygens (including phenoxy) is 1. The lowest BCUT2D eigenvalue weighted by atomic mass is 10.2. The highest BCUT2D eigenvalue weighted by Gasteiger charge is 2.08. The van der Waals surface area contributed by atoms with Crippen LogP contribution in [0.25, 0.3) is 0 Å². The highest BCUT2D eigenvalue weighted by atomic mass is 16.5. The molecule has 0 fully saturated rings. The van der Waals surface area contributed by atoms with Crippen molar-refractivity contribution < 1.29 is 4.74 Å². The molecule has 0 spiro atoms. The first-order valence-electron chi connectivity index (χ1n) is 5.77. The summed E-state index contributed by atoms with van der Waals surface area (Å²) in [6, 6.07) is 11.2. The predicted molar refractivity (Wildman–Crippen MR) is 71.1 cm³/mol. The standard InChI is InChI=1S/C14H15N3O/c1-2-10-5-3-6-11(9-10)18-14-12(13(15)16)7-4-8-17-14/h3-9H,2H2,1H3,(H3,15,16). The molecule has 0 bridgehead atoms. The molecule has 1 heterocycles. The number of nitrogen functional groups attached to an aromatic ring is 1. The summed E-state index contributed by atoms with van der Waals surface area (Å²) in [7, 11) is 0. The Morgan fingerprint density at radius 2 is 2.17 bits per heavy atom. The quantitative estimate of drug-likeness (QED) is 0.638. The van der Waals surface area contributed by atoms with Crippen molar-refractivity contribution in [3.63, 3.8) is 0 Å². The topological polar surface area (TPSA) is 72.0 Å². The Bertz CT molecular complexity index is 566. The second-order valence-electron chi connectivity index (χ2n) is 3.87. The number of hydrogen-bond donors (Lipinski definition) is 2. The van der Waals surface area contributed by atoms with Gasteiger partial charge >= 0.3 is 0 Å². The van der Waals surface area contributed by atoms with Gasteiger partial charge < -0.3 is 10.5 Å². The molecule has 18 heavy (non-hydrogen) atoms. The first-order chi connectivity index (χ1) is 8.70. The van der Waals surface area contributed by atoms with Crippen LogP contribution in [0.1, 0.15) is 18.1 Å². The second kappa shape index (κ2) is 5.31. The third-order valence-corrected chi connectivity index (χ3v) is 2.58. The number of nitrogens with two attached hydrogens (primary N) is 1. The summed E-state index contributed by atoms with van der Waals surface area (Å²) in [6.07, 6.45) is 2.56. The maximum Gasteiger partial charge on any atom is 0.230 e. The summed E-state index contributed by atoms with van der Waals surface area (Å²) < 4.78 is 5.68. The molecule has 0 aliphatic rings. The van der Waals surface area contributed by atoms with Crippen molar-refractivity contribution in [2.24, 2.45) is 5.73 Å². The summed E-state index contributed by atoms with van der Waals surface area (Å²) >= 11 is 0. The number of amidine groups is 1. The van der Waals surface area contributed by atoms with Crippen molar-refractivity contribution in [2.75, 3.05) is 0 Å². The van der Waals surface area contributed by atoms with Gasteiger partial charge in [-0.2, -0.15) is 0 Å². The molecule has 4 heteroatoms. The summed E-state index contributed by atoms with van der Waals surface area (Å²) in [6.45, 7) is 2.08. The molecule has 0 aliphatic carbocycles. The summed E-state index contributed by atoms with van der Waals surface area (Å²) in [5, 5.41) is 7.48. The molecule has 1 aromatic carbocycles. The average molecular weight is 241 g/mol. The van der Waals surface area contributed by atoms with Crippen LogP contribution in [-0.4, -0.2) is 10.8 Å². The average Bonchev–Trinajstić information content (AvgIpc) is 2.39. The van der Waals surface area contributed by atoms with Crippen molar-refractivity contribution in [2.45, 2.75) is 13.3 Å². The molecule has 0 saturated heterocycles. The van der Waals surface area contributed by atoms with E-state index in [4.69, 9.17) is 15.9 Å². The minimum absolute atomic E-state index is 0.0512. The fourth-order valence-corrected chi connectivity index (χ4v) is 1.62. The Kier molecular flexibility index (Phi) is 3.57. The number of aromatic nitrogens is 1. The molecule has 0 saturated carbocycles. The molecule has 92 valence electrons. The van der Waals surface area contributed by atoms with Crippen molar-refractivity contribution in [1.29, 1.82) is 5.41 Å². The Balaban J connectivity index is 2.31. The first kappa shape index (κ1) is 12.1. The number of pyridine rings is 1. The van der Waals surface area contributed by atoms with Gasteiger partial charge in [-0.3, -0.25) is 5.41 Å². The van der Waals surface area contributed by atoms with Gasteiger partial charge in [0.2, 0.25) is 5.88 Å². The number of nitrogens with zero attached hydrogens (tertiary/aromatic N) is 1. The number of rotatable bonds is 4. The maximum atomic E-state index is 7.48. The molecular formula is C14H15N3O. The SMILES string of the molecule is CCc1cccc(Oc2ncccc2C(=N)N)c1. The van der Waals surface area contributed by atoms with E-state index in [1.807, 2.05) is 24.3 Å². The molecule has 3 N–H and O–H groups in total. The van der Waals surface area contributed by atoms with Crippen molar-refractivity contribution in [3.8, 4) is 11.6 Å². The van der Waals surface area contributed by atoms with Crippen LogP contribution in [0.3, 0.4) is 0 Å². The van der Waals surface area contributed by atoms with Gasteiger partial charge in [-0.15, -0.1) is 0 Å². The molecule has 0 unspecified atom stereocenters. The highest BCUT2D eigenvalue weighted by Crippen LogP contribution is 2.23. The maximum absolute atomic E-state index is 7.48. The van der Waals surface area contributed by atoms with Crippen LogP contribution >= 0.6 is 0 Å². The number of aryl methyl sites for hydroxylation is 1. The van der Waals surface area contributed by atoms with Gasteiger partial charge in [0, 0.05) is 6.20 Å². The smallest absolute Gasteiger partial charge is 0.230 e. The zero-order valence-corrected chi connectivity index (χ0v) is 10.2. The molecule has 2 aromatic rings. The number of hydrogen-bond acceptors (Lipinski definition) is 3. The van der Waals surface area contributed by atoms with E-state index in [-0.39, 0.29) is 5.84 Å². The van der Waals surface area contributed by atoms with E-state index in [0.29, 0.717) is 17.2 Å². The fraction of sp³-hybridized carbons (Fsp3) is 0.143. The second-order valence-corrected chi connectivity index (χ2v) is 3.87. The number of benzene rings is 1. The Labute approximate surface area is 106 Å². The first-order valence-corrected chi connectivity index (χ1v) is 5.77. The lowest BCUT2D eigenvalue weighted by Gasteiger charge is -2.09. The predicted octanol–water partition coefficient (Wildman–Crippen LogP) is 2.72. The largest absolute Gasteiger partial charge is 0.438 e. The van der Waals surface area contributed by atoms with Crippen LogP contribution in [0, 0.1) is 5.41 Å². The normalized spacial score (nSPS) is 10.1. The van der Waals surface area contributed by atoms with E-state index in [2.05, 4.69) is 11.9 Å². The molecule has 2 rings (SSSR count). The van der Waals surface area contributed by atoms with E-state index in [9.17, 15) is 0 Å². The Morgan fingerprint density at radius 3 is 2.89 bits per heavy atom. The molecule has 0 aliphatic heterocycles. The van der Waals surface area contributed by atoms with Crippen molar-refractivity contribution >= 4 is 5.84 Å². The monoisotopic (exact) mass is 241 g/mol. The van der Waals surface area contributed by atoms with E-state index in [1.54, 1.807) is 18.3 Å². The van der Waals surface area contributed by atoms with Crippen molar-refractivity contribution in [3.05, 3.63) is 53.7 Å². The summed E-state index contributed by atoms with van der Waals surface area (Å²) in [5.74, 6) is 1.01. The van der Waals surface area contributed by atoms with Gasteiger partial charge in [0.05, 0.1) is 5.56 Å². The van der Waals surface area contributed by atoms with E-state index < -0.39 is 0 Å². The Morgan fingerprint density at radius 1 is 1.33 bits per heavy atom. The lowest BCUT2D eigenvalue weighted by molar-refractivity contribution is 0.461. The van der Waals surface area contributed by atoms with Crippen LogP contribution in [0.5, 0.6) is 11.6 Å². The minimum Gasteiger partial charge on any atom is -0.438 e. The van der Waals surface area contributed by atoms with Gasteiger partial charge in [0.25, 0.3) is 0 Å². The minimum atomic E-state index is -0.0512. The van der Waals surface area contributed by atoms with Gasteiger partial charge in [-0.25, -0.2) is 4.98 Å². The van der Waals surface area contributed by atoms with E-state index >= 15 is 0 Å². The fourth-order valence-electron chi connectivity index (χ4n) is 1.62. The van der Waals surface area contributed by atoms with Crippen LogP contribution in [-0.2, 0) is 6.42 Å². The molecule has 0 amide bonds. The highest BCUT2D eigenvalue weighted by molar-refractivity contribution is 5.97. The summed E-state index contributed by atoms with van der Waals surface area (Å²) in [5.41, 5.74) is 7.17. The van der Waals surface area contributed by atoms with E-state index in [0.717, 1.165) is 6.42 Å². The van der Waals surface area contributed by atoms with Crippen LogP contribution in [0.15, 0.2) is 42.6 Å². The number of nitrogens with one attached hydrogen (secondary N) is 1. The molecule has 1 aromatic heterocycles.